The topological polar surface area (TPSA) is 66.5 Å². The Labute approximate surface area is 108 Å². The highest BCUT2D eigenvalue weighted by Crippen LogP contribution is 2.34. The van der Waals surface area contributed by atoms with Crippen molar-refractivity contribution in [1.29, 1.82) is 0 Å². The second-order valence-corrected chi connectivity index (χ2v) is 4.69. The number of alkyl halides is 1. The van der Waals surface area contributed by atoms with Gasteiger partial charge >= 0.3 is 0 Å². The van der Waals surface area contributed by atoms with E-state index < -0.39 is 23.5 Å². The molecule has 1 fully saturated rings. The highest BCUT2D eigenvalue weighted by Gasteiger charge is 2.52. The van der Waals surface area contributed by atoms with Crippen LogP contribution in [0.1, 0.15) is 28.8 Å². The Hall–Kier alpha value is -2.24. The van der Waals surface area contributed by atoms with E-state index in [1.165, 1.54) is 0 Å². The smallest absolute Gasteiger partial charge is 0.285 e. The van der Waals surface area contributed by atoms with Gasteiger partial charge in [-0.05, 0) is 11.6 Å². The van der Waals surface area contributed by atoms with Crippen molar-refractivity contribution >= 4 is 17.7 Å². The van der Waals surface area contributed by atoms with Crippen LogP contribution in [0.15, 0.2) is 24.3 Å². The summed E-state index contributed by atoms with van der Waals surface area (Å²) in [6.45, 7) is 0.0487. The lowest BCUT2D eigenvalue weighted by molar-refractivity contribution is -0.154. The summed E-state index contributed by atoms with van der Waals surface area (Å²) in [4.78, 5) is 35.8. The number of fused-ring (bicyclic) bond motifs is 1. The summed E-state index contributed by atoms with van der Waals surface area (Å²) >= 11 is 0. The van der Waals surface area contributed by atoms with E-state index in [2.05, 4.69) is 0 Å². The van der Waals surface area contributed by atoms with Gasteiger partial charge in [0, 0.05) is 18.4 Å². The van der Waals surface area contributed by atoms with Crippen molar-refractivity contribution in [3.05, 3.63) is 35.4 Å². The average Bonchev–Trinajstić information content (AvgIpc) is 2.73. The van der Waals surface area contributed by atoms with Crippen LogP contribution < -0.4 is 5.32 Å². The summed E-state index contributed by atoms with van der Waals surface area (Å²) < 4.78 is 14.8. The summed E-state index contributed by atoms with van der Waals surface area (Å²) in [5.41, 5.74) is 1.10. The molecule has 1 aromatic carbocycles. The van der Waals surface area contributed by atoms with Crippen molar-refractivity contribution < 1.29 is 18.8 Å². The first-order valence-electron chi connectivity index (χ1n) is 5.95. The molecule has 1 saturated heterocycles. The standard InChI is InChI=1S/C13H11FN2O3/c14-13(6-5-10(17)15-12(13)19)16-7-8-3-1-2-4-9(8)11(16)18/h1-4H,5-7H2,(H,15,17,19)/t13-/m0/s1. The summed E-state index contributed by atoms with van der Waals surface area (Å²) in [5.74, 6) is -4.51. The molecule has 1 N–H and O–H groups in total. The molecule has 98 valence electrons. The van der Waals surface area contributed by atoms with Crippen molar-refractivity contribution in [2.75, 3.05) is 0 Å². The van der Waals surface area contributed by atoms with Crippen LogP contribution in [0.2, 0.25) is 0 Å². The van der Waals surface area contributed by atoms with Gasteiger partial charge in [0.05, 0.1) is 6.54 Å². The largest absolute Gasteiger partial charge is 0.294 e. The molecule has 0 spiro atoms. The first-order chi connectivity index (χ1) is 9.02. The van der Waals surface area contributed by atoms with Gasteiger partial charge in [-0.2, -0.15) is 0 Å². The zero-order valence-electron chi connectivity index (χ0n) is 9.98. The van der Waals surface area contributed by atoms with E-state index >= 15 is 0 Å². The molecule has 0 aromatic heterocycles. The van der Waals surface area contributed by atoms with Gasteiger partial charge in [-0.1, -0.05) is 18.2 Å². The van der Waals surface area contributed by atoms with Gasteiger partial charge in [0.15, 0.2) is 0 Å². The minimum atomic E-state index is -2.44. The molecule has 3 rings (SSSR count). The molecule has 5 nitrogen and oxygen atoms in total. The molecule has 3 amide bonds. The summed E-state index contributed by atoms with van der Waals surface area (Å²) in [7, 11) is 0. The van der Waals surface area contributed by atoms with Gasteiger partial charge in [0.2, 0.25) is 5.91 Å². The molecular formula is C13H11FN2O3. The monoisotopic (exact) mass is 262 g/mol. The minimum absolute atomic E-state index is 0.0487. The molecule has 1 atom stereocenters. The highest BCUT2D eigenvalue weighted by molar-refractivity contribution is 6.06. The number of rotatable bonds is 1. The van der Waals surface area contributed by atoms with Crippen LogP contribution in [0.3, 0.4) is 0 Å². The number of nitrogens with zero attached hydrogens (tertiary/aromatic N) is 1. The molecule has 0 radical (unpaired) electrons. The molecule has 19 heavy (non-hydrogen) atoms. The number of piperidine rings is 1. The lowest BCUT2D eigenvalue weighted by Gasteiger charge is -2.35. The number of hydrogen-bond acceptors (Lipinski definition) is 3. The van der Waals surface area contributed by atoms with Crippen molar-refractivity contribution in [2.24, 2.45) is 0 Å². The number of halogens is 1. The van der Waals surface area contributed by atoms with E-state index in [1.807, 2.05) is 5.32 Å². The third kappa shape index (κ3) is 1.63. The van der Waals surface area contributed by atoms with Gasteiger partial charge in [-0.3, -0.25) is 24.6 Å². The molecule has 0 aliphatic carbocycles. The molecule has 1 aromatic rings. The maximum Gasteiger partial charge on any atom is 0.285 e. The fraction of sp³-hybridized carbons (Fsp3) is 0.308. The zero-order valence-corrected chi connectivity index (χ0v) is 9.98. The maximum atomic E-state index is 14.8. The predicted molar refractivity (Wildman–Crippen MR) is 62.5 cm³/mol. The van der Waals surface area contributed by atoms with E-state index in [1.54, 1.807) is 24.3 Å². The number of nitrogens with one attached hydrogen (secondary N) is 1. The second-order valence-electron chi connectivity index (χ2n) is 4.69. The fourth-order valence-electron chi connectivity index (χ4n) is 2.48. The third-order valence-corrected chi connectivity index (χ3v) is 3.53. The maximum absolute atomic E-state index is 14.8. The molecule has 2 heterocycles. The van der Waals surface area contributed by atoms with E-state index in [0.29, 0.717) is 11.1 Å². The van der Waals surface area contributed by atoms with Crippen molar-refractivity contribution in [2.45, 2.75) is 25.2 Å². The van der Waals surface area contributed by atoms with Crippen LogP contribution in [-0.2, 0) is 16.1 Å². The molecule has 2 aliphatic heterocycles. The predicted octanol–water partition coefficient (Wildman–Crippen LogP) is 0.745. The third-order valence-electron chi connectivity index (χ3n) is 3.53. The number of carbonyl (C=O) groups excluding carboxylic acids is 3. The van der Waals surface area contributed by atoms with Gasteiger partial charge in [-0.15, -0.1) is 0 Å². The number of amides is 3. The Morgan fingerprint density at radius 2 is 1.95 bits per heavy atom. The Kier molecular flexibility index (Phi) is 2.41. The Morgan fingerprint density at radius 1 is 1.21 bits per heavy atom. The molecule has 6 heteroatoms. The van der Waals surface area contributed by atoms with Crippen molar-refractivity contribution in [3.8, 4) is 0 Å². The molecule has 2 aliphatic rings. The van der Waals surface area contributed by atoms with E-state index in [9.17, 15) is 18.8 Å². The van der Waals surface area contributed by atoms with E-state index in [4.69, 9.17) is 0 Å². The molecule has 0 unspecified atom stereocenters. The minimum Gasteiger partial charge on any atom is -0.294 e. The van der Waals surface area contributed by atoms with Crippen molar-refractivity contribution in [3.63, 3.8) is 0 Å². The summed E-state index contributed by atoms with van der Waals surface area (Å²) in [6, 6.07) is 6.77. The number of hydrogen-bond donors (Lipinski definition) is 1. The van der Waals surface area contributed by atoms with Gasteiger partial charge < -0.3 is 0 Å². The van der Waals surface area contributed by atoms with Crippen LogP contribution in [0.25, 0.3) is 0 Å². The SMILES string of the molecule is O=C1CC[C@](F)(N2Cc3ccccc3C2=O)C(=O)N1. The fourth-order valence-corrected chi connectivity index (χ4v) is 2.48. The van der Waals surface area contributed by atoms with Crippen molar-refractivity contribution in [1.82, 2.24) is 10.2 Å². The number of benzene rings is 1. The van der Waals surface area contributed by atoms with Crippen LogP contribution in [0.5, 0.6) is 0 Å². The lowest BCUT2D eigenvalue weighted by Crippen LogP contribution is -2.60. The second kappa shape index (κ2) is 3.88. The summed E-state index contributed by atoms with van der Waals surface area (Å²) in [6.07, 6.45) is -0.403. The van der Waals surface area contributed by atoms with Crippen LogP contribution in [0.4, 0.5) is 4.39 Å². The Balaban J connectivity index is 1.95. The quantitative estimate of drug-likeness (QED) is 0.599. The van der Waals surface area contributed by atoms with Gasteiger partial charge in [-0.25, -0.2) is 4.39 Å². The van der Waals surface area contributed by atoms with E-state index in [-0.39, 0.29) is 19.4 Å². The highest BCUT2D eigenvalue weighted by atomic mass is 19.1. The van der Waals surface area contributed by atoms with E-state index in [0.717, 1.165) is 4.90 Å². The van der Waals surface area contributed by atoms with Gasteiger partial charge in [0.25, 0.3) is 17.6 Å². The molecule has 0 bridgehead atoms. The molecular weight excluding hydrogens is 251 g/mol. The van der Waals surface area contributed by atoms with Crippen LogP contribution in [0, 0.1) is 0 Å². The normalized spacial score (nSPS) is 26.4. The average molecular weight is 262 g/mol. The number of imide groups is 1. The first-order valence-corrected chi connectivity index (χ1v) is 5.95. The van der Waals surface area contributed by atoms with Crippen LogP contribution >= 0.6 is 0 Å². The van der Waals surface area contributed by atoms with Crippen LogP contribution in [-0.4, -0.2) is 28.4 Å². The number of carbonyl (C=O) groups is 3. The zero-order chi connectivity index (χ0) is 13.6. The van der Waals surface area contributed by atoms with Gasteiger partial charge in [0.1, 0.15) is 0 Å². The lowest BCUT2D eigenvalue weighted by atomic mass is 10.0. The molecule has 0 saturated carbocycles. The summed E-state index contributed by atoms with van der Waals surface area (Å²) in [5, 5.41) is 1.95. The Bertz CT molecular complexity index is 601. The first kappa shape index (κ1) is 11.8. The Morgan fingerprint density at radius 3 is 2.63 bits per heavy atom.